The van der Waals surface area contributed by atoms with Crippen LogP contribution in [0.1, 0.15) is 15.9 Å². The maximum absolute atomic E-state index is 12.2. The third-order valence-corrected chi connectivity index (χ3v) is 3.97. The number of esters is 1. The Morgan fingerprint density at radius 1 is 1.16 bits per heavy atom. The van der Waals surface area contributed by atoms with E-state index in [1.54, 1.807) is 24.5 Å². The summed E-state index contributed by atoms with van der Waals surface area (Å²) in [5, 5.41) is 1.60. The van der Waals surface area contributed by atoms with Crippen molar-refractivity contribution in [1.29, 1.82) is 0 Å². The lowest BCUT2D eigenvalue weighted by molar-refractivity contribution is 0.0598. The molecule has 1 atom stereocenters. The second-order valence-electron chi connectivity index (χ2n) is 5.79. The Morgan fingerprint density at radius 2 is 1.96 bits per heavy atom. The third kappa shape index (κ3) is 3.95. The third-order valence-electron chi connectivity index (χ3n) is 3.97. The highest BCUT2D eigenvalue weighted by molar-refractivity contribution is 6.06. The molecule has 0 aliphatic rings. The van der Waals surface area contributed by atoms with Crippen LogP contribution >= 0.6 is 0 Å². The molecule has 0 radical (unpaired) electrons. The van der Waals surface area contributed by atoms with Gasteiger partial charge in [0.2, 0.25) is 0 Å². The zero-order chi connectivity index (χ0) is 17.6. The minimum Gasteiger partial charge on any atom is -0.491 e. The lowest BCUT2D eigenvalue weighted by atomic mass is 10.1. The second-order valence-corrected chi connectivity index (χ2v) is 5.79. The van der Waals surface area contributed by atoms with E-state index in [1.807, 2.05) is 36.4 Å². The number of carbonyl (C=O) groups excluding carboxylic acids is 1. The maximum Gasteiger partial charge on any atom is 0.342 e. The number of ether oxygens (including phenoxy) is 2. The predicted octanol–water partition coefficient (Wildman–Crippen LogP) is 2.97. The number of benzene rings is 2. The molecule has 0 unspecified atom stereocenters. The Balaban J connectivity index is 1.80. The van der Waals surface area contributed by atoms with Crippen LogP contribution in [0.15, 0.2) is 60.9 Å². The zero-order valence-corrected chi connectivity index (χ0v) is 14.0. The van der Waals surface area contributed by atoms with Crippen LogP contribution in [0, 0.1) is 0 Å². The molecule has 0 fully saturated rings. The van der Waals surface area contributed by atoms with E-state index in [-0.39, 0.29) is 6.04 Å². The van der Waals surface area contributed by atoms with Gasteiger partial charge < -0.3 is 15.2 Å². The number of nitrogens with zero attached hydrogens (tertiary/aromatic N) is 1. The fourth-order valence-electron chi connectivity index (χ4n) is 2.75. The van der Waals surface area contributed by atoms with Gasteiger partial charge in [-0.3, -0.25) is 4.98 Å². The highest BCUT2D eigenvalue weighted by atomic mass is 16.5. The quantitative estimate of drug-likeness (QED) is 0.701. The number of aromatic nitrogens is 1. The van der Waals surface area contributed by atoms with Gasteiger partial charge in [0.15, 0.2) is 0 Å². The van der Waals surface area contributed by atoms with E-state index in [9.17, 15) is 4.79 Å². The summed E-state index contributed by atoms with van der Waals surface area (Å²) in [6, 6.07) is 15.2. The molecule has 0 spiro atoms. The molecule has 128 valence electrons. The van der Waals surface area contributed by atoms with Crippen molar-refractivity contribution in [1.82, 2.24) is 4.98 Å². The summed E-state index contributed by atoms with van der Waals surface area (Å²) in [5.41, 5.74) is 7.72. The van der Waals surface area contributed by atoms with Crippen LogP contribution in [0.3, 0.4) is 0 Å². The van der Waals surface area contributed by atoms with Crippen molar-refractivity contribution in [3.63, 3.8) is 0 Å². The van der Waals surface area contributed by atoms with Crippen molar-refractivity contribution in [2.45, 2.75) is 12.5 Å². The van der Waals surface area contributed by atoms with Gasteiger partial charge in [-0.15, -0.1) is 0 Å². The van der Waals surface area contributed by atoms with E-state index in [4.69, 9.17) is 15.2 Å². The SMILES string of the molecule is COC(=O)c1c(OC[C@H](N)Cc2ccccc2)ccc2cnccc12. The number of carbonyl (C=O) groups is 1. The average molecular weight is 336 g/mol. The summed E-state index contributed by atoms with van der Waals surface area (Å²) >= 11 is 0. The van der Waals surface area contributed by atoms with Gasteiger partial charge in [-0.1, -0.05) is 30.3 Å². The number of methoxy groups -OCH3 is 1. The standard InChI is InChI=1S/C20H20N2O3/c1-24-20(23)19-17-9-10-22-12-15(17)7-8-18(19)25-13-16(21)11-14-5-3-2-4-6-14/h2-10,12,16H,11,13,21H2,1H3/t16-/m1/s1. The summed E-state index contributed by atoms with van der Waals surface area (Å²) in [6.45, 7) is 0.301. The van der Waals surface area contributed by atoms with Crippen molar-refractivity contribution in [2.24, 2.45) is 5.73 Å². The lowest BCUT2D eigenvalue weighted by Gasteiger charge is -2.16. The van der Waals surface area contributed by atoms with E-state index in [2.05, 4.69) is 4.98 Å². The van der Waals surface area contributed by atoms with Gasteiger partial charge in [-0.2, -0.15) is 0 Å². The predicted molar refractivity (Wildman–Crippen MR) is 96.7 cm³/mol. The fraction of sp³-hybridized carbons (Fsp3) is 0.200. The molecule has 0 saturated heterocycles. The molecule has 3 aromatic rings. The van der Waals surface area contributed by atoms with Crippen LogP contribution in [-0.2, 0) is 11.2 Å². The molecule has 25 heavy (non-hydrogen) atoms. The minimum absolute atomic E-state index is 0.180. The Labute approximate surface area is 146 Å². The van der Waals surface area contributed by atoms with Crippen LogP contribution in [0.4, 0.5) is 0 Å². The molecule has 0 aliphatic heterocycles. The van der Waals surface area contributed by atoms with Crippen LogP contribution in [0.25, 0.3) is 10.8 Å². The van der Waals surface area contributed by atoms with Crippen molar-refractivity contribution in [3.05, 3.63) is 72.1 Å². The van der Waals surface area contributed by atoms with E-state index < -0.39 is 5.97 Å². The Bertz CT molecular complexity index is 865. The van der Waals surface area contributed by atoms with Gasteiger partial charge in [0.1, 0.15) is 17.9 Å². The fourth-order valence-corrected chi connectivity index (χ4v) is 2.75. The van der Waals surface area contributed by atoms with Crippen molar-refractivity contribution in [2.75, 3.05) is 13.7 Å². The molecule has 0 amide bonds. The van der Waals surface area contributed by atoms with Gasteiger partial charge in [0.25, 0.3) is 0 Å². The highest BCUT2D eigenvalue weighted by Gasteiger charge is 2.18. The minimum atomic E-state index is -0.441. The van der Waals surface area contributed by atoms with E-state index in [0.717, 1.165) is 16.3 Å². The topological polar surface area (TPSA) is 74.4 Å². The van der Waals surface area contributed by atoms with E-state index in [1.165, 1.54) is 7.11 Å². The number of rotatable bonds is 6. The van der Waals surface area contributed by atoms with Gasteiger partial charge in [-0.05, 0) is 30.2 Å². The first-order valence-corrected chi connectivity index (χ1v) is 8.06. The molecule has 2 aromatic carbocycles. The first-order chi connectivity index (χ1) is 12.2. The molecule has 5 nitrogen and oxygen atoms in total. The number of pyridine rings is 1. The normalized spacial score (nSPS) is 11.9. The van der Waals surface area contributed by atoms with Crippen molar-refractivity contribution >= 4 is 16.7 Å². The number of hydrogen-bond acceptors (Lipinski definition) is 5. The first-order valence-electron chi connectivity index (χ1n) is 8.06. The van der Waals surface area contributed by atoms with E-state index in [0.29, 0.717) is 24.3 Å². The molecular formula is C20H20N2O3. The maximum atomic E-state index is 12.2. The summed E-state index contributed by atoms with van der Waals surface area (Å²) in [6.07, 6.45) is 4.04. The van der Waals surface area contributed by atoms with Crippen LogP contribution < -0.4 is 10.5 Å². The number of hydrogen-bond donors (Lipinski definition) is 1. The smallest absolute Gasteiger partial charge is 0.342 e. The first kappa shape index (κ1) is 16.9. The lowest BCUT2D eigenvalue weighted by Crippen LogP contribution is -2.30. The molecule has 1 heterocycles. The van der Waals surface area contributed by atoms with Crippen molar-refractivity contribution < 1.29 is 14.3 Å². The highest BCUT2D eigenvalue weighted by Crippen LogP contribution is 2.28. The molecule has 0 saturated carbocycles. The summed E-state index contributed by atoms with van der Waals surface area (Å²) in [4.78, 5) is 16.3. The summed E-state index contributed by atoms with van der Waals surface area (Å²) < 4.78 is 10.8. The van der Waals surface area contributed by atoms with Crippen molar-refractivity contribution in [3.8, 4) is 5.75 Å². The molecule has 2 N–H and O–H groups in total. The summed E-state index contributed by atoms with van der Waals surface area (Å²) in [7, 11) is 1.35. The van der Waals surface area contributed by atoms with Gasteiger partial charge in [0, 0.05) is 29.2 Å². The monoisotopic (exact) mass is 336 g/mol. The molecule has 5 heteroatoms. The number of fused-ring (bicyclic) bond motifs is 1. The molecule has 1 aromatic heterocycles. The Kier molecular flexibility index (Phi) is 5.26. The van der Waals surface area contributed by atoms with Gasteiger partial charge >= 0.3 is 5.97 Å². The van der Waals surface area contributed by atoms with Crippen LogP contribution in [0.5, 0.6) is 5.75 Å². The Morgan fingerprint density at radius 3 is 2.72 bits per heavy atom. The molecular weight excluding hydrogens is 316 g/mol. The van der Waals surface area contributed by atoms with Gasteiger partial charge in [0.05, 0.1) is 7.11 Å². The number of nitrogens with two attached hydrogens (primary N) is 1. The van der Waals surface area contributed by atoms with Gasteiger partial charge in [-0.25, -0.2) is 4.79 Å². The summed E-state index contributed by atoms with van der Waals surface area (Å²) in [5.74, 6) is 0.0255. The largest absolute Gasteiger partial charge is 0.491 e. The second kappa shape index (κ2) is 7.77. The zero-order valence-electron chi connectivity index (χ0n) is 14.0. The van der Waals surface area contributed by atoms with Crippen LogP contribution in [-0.4, -0.2) is 30.7 Å². The average Bonchev–Trinajstić information content (AvgIpc) is 2.66. The molecule has 0 aliphatic carbocycles. The molecule has 3 rings (SSSR count). The molecule has 0 bridgehead atoms. The van der Waals surface area contributed by atoms with Crippen LogP contribution in [0.2, 0.25) is 0 Å². The van der Waals surface area contributed by atoms with E-state index >= 15 is 0 Å². The Hall–Kier alpha value is -2.92.